The molecule has 0 bridgehead atoms. The minimum atomic E-state index is -0.0707. The van der Waals surface area contributed by atoms with Crippen LogP contribution < -0.4 is 0 Å². The zero-order chi connectivity index (χ0) is 27.3. The average molecular weight is 526 g/mol. The lowest BCUT2D eigenvalue weighted by atomic mass is 9.80. The summed E-state index contributed by atoms with van der Waals surface area (Å²) in [5, 5.41) is 5.14. The van der Waals surface area contributed by atoms with Crippen LogP contribution >= 0.6 is 0 Å². The van der Waals surface area contributed by atoms with Crippen LogP contribution in [0.4, 0.5) is 0 Å². The van der Waals surface area contributed by atoms with E-state index in [4.69, 9.17) is 4.98 Å². The van der Waals surface area contributed by atoms with Gasteiger partial charge in [0.05, 0.1) is 22.1 Å². The second-order valence-corrected chi connectivity index (χ2v) is 11.6. The summed E-state index contributed by atoms with van der Waals surface area (Å²) in [5.41, 5.74) is 11.0. The fourth-order valence-corrected chi connectivity index (χ4v) is 7.38. The van der Waals surface area contributed by atoms with Gasteiger partial charge in [0.1, 0.15) is 0 Å². The van der Waals surface area contributed by atoms with E-state index in [1.165, 1.54) is 49.3 Å². The van der Waals surface area contributed by atoms with Crippen molar-refractivity contribution >= 4 is 43.6 Å². The standard InChI is InChI=1S/C38H27N3/c1-38(2)30-16-8-6-14-25(30)27-21-20-26-28(36(27)38)22-23-34-35(26)29-15-7-10-18-32(29)41(34)37-39-31-17-9-11-19-33(31)40(37)24-12-4-3-5-13-24/h3-23H,1-2H3. The van der Waals surface area contributed by atoms with E-state index in [0.29, 0.717) is 0 Å². The predicted molar refractivity (Wildman–Crippen MR) is 170 cm³/mol. The summed E-state index contributed by atoms with van der Waals surface area (Å²) in [6.07, 6.45) is 0. The average Bonchev–Trinajstić information content (AvgIpc) is 3.63. The molecular formula is C38H27N3. The van der Waals surface area contributed by atoms with E-state index in [1.807, 2.05) is 0 Å². The van der Waals surface area contributed by atoms with Crippen molar-refractivity contribution in [2.24, 2.45) is 0 Å². The van der Waals surface area contributed by atoms with E-state index in [1.54, 1.807) is 0 Å². The van der Waals surface area contributed by atoms with E-state index in [0.717, 1.165) is 28.2 Å². The smallest absolute Gasteiger partial charge is 0.220 e. The van der Waals surface area contributed by atoms with Gasteiger partial charge in [0.25, 0.3) is 0 Å². The van der Waals surface area contributed by atoms with Crippen LogP contribution in [0, 0.1) is 0 Å². The molecule has 0 N–H and O–H groups in total. The van der Waals surface area contributed by atoms with Crippen LogP contribution in [0.2, 0.25) is 0 Å². The van der Waals surface area contributed by atoms with Crippen molar-refractivity contribution in [1.29, 1.82) is 0 Å². The predicted octanol–water partition coefficient (Wildman–Crippen LogP) is 9.58. The third-order valence-corrected chi connectivity index (χ3v) is 9.11. The highest BCUT2D eigenvalue weighted by Gasteiger charge is 2.37. The largest absolute Gasteiger partial charge is 0.279 e. The van der Waals surface area contributed by atoms with Crippen molar-refractivity contribution < 1.29 is 0 Å². The topological polar surface area (TPSA) is 22.8 Å². The first-order valence-corrected chi connectivity index (χ1v) is 14.3. The van der Waals surface area contributed by atoms with Crippen molar-refractivity contribution in [3.8, 4) is 22.8 Å². The molecule has 2 heterocycles. The quantitative estimate of drug-likeness (QED) is 0.220. The molecule has 0 radical (unpaired) electrons. The third-order valence-electron chi connectivity index (χ3n) is 9.11. The van der Waals surface area contributed by atoms with Crippen molar-refractivity contribution in [3.63, 3.8) is 0 Å². The Morgan fingerprint density at radius 1 is 0.512 bits per heavy atom. The Morgan fingerprint density at radius 2 is 1.22 bits per heavy atom. The summed E-state index contributed by atoms with van der Waals surface area (Å²) in [7, 11) is 0. The molecule has 2 aromatic heterocycles. The summed E-state index contributed by atoms with van der Waals surface area (Å²) >= 11 is 0. The first-order chi connectivity index (χ1) is 20.1. The Hall–Kier alpha value is -5.15. The number of imidazole rings is 1. The molecular weight excluding hydrogens is 498 g/mol. The third kappa shape index (κ3) is 2.90. The van der Waals surface area contributed by atoms with Crippen molar-refractivity contribution in [3.05, 3.63) is 139 Å². The van der Waals surface area contributed by atoms with Gasteiger partial charge in [-0.3, -0.25) is 9.13 Å². The summed E-state index contributed by atoms with van der Waals surface area (Å²) in [5.74, 6) is 0.900. The second kappa shape index (κ2) is 7.96. The normalized spacial score (nSPS) is 13.8. The summed E-state index contributed by atoms with van der Waals surface area (Å²) < 4.78 is 4.64. The highest BCUT2D eigenvalue weighted by atomic mass is 15.2. The molecule has 0 spiro atoms. The summed E-state index contributed by atoms with van der Waals surface area (Å²) in [4.78, 5) is 5.25. The maximum Gasteiger partial charge on any atom is 0.220 e. The van der Waals surface area contributed by atoms with Gasteiger partial charge in [-0.25, -0.2) is 4.98 Å². The van der Waals surface area contributed by atoms with Gasteiger partial charge in [0.2, 0.25) is 5.95 Å². The molecule has 0 saturated carbocycles. The van der Waals surface area contributed by atoms with E-state index >= 15 is 0 Å². The van der Waals surface area contributed by atoms with Crippen molar-refractivity contribution in [2.75, 3.05) is 0 Å². The van der Waals surface area contributed by atoms with Crippen LogP contribution in [0.1, 0.15) is 25.0 Å². The number of nitrogens with zero attached hydrogens (tertiary/aromatic N) is 3. The fraction of sp³-hybridized carbons (Fsp3) is 0.0789. The molecule has 0 amide bonds. The van der Waals surface area contributed by atoms with Crippen LogP contribution in [0.15, 0.2) is 127 Å². The van der Waals surface area contributed by atoms with Gasteiger partial charge >= 0.3 is 0 Å². The molecule has 9 rings (SSSR count). The molecule has 0 saturated heterocycles. The van der Waals surface area contributed by atoms with E-state index in [-0.39, 0.29) is 5.41 Å². The van der Waals surface area contributed by atoms with Crippen LogP contribution in [-0.4, -0.2) is 14.1 Å². The van der Waals surface area contributed by atoms with Gasteiger partial charge in [-0.15, -0.1) is 0 Å². The van der Waals surface area contributed by atoms with Crippen LogP contribution in [-0.2, 0) is 5.41 Å². The molecule has 0 unspecified atom stereocenters. The van der Waals surface area contributed by atoms with Gasteiger partial charge in [0.15, 0.2) is 0 Å². The molecule has 8 aromatic rings. The monoisotopic (exact) mass is 525 g/mol. The number of benzene rings is 6. The number of para-hydroxylation sites is 4. The Bertz CT molecular complexity index is 2330. The molecule has 1 aliphatic rings. The molecule has 1 aliphatic carbocycles. The van der Waals surface area contributed by atoms with Gasteiger partial charge in [0, 0.05) is 21.9 Å². The number of hydrogen-bond acceptors (Lipinski definition) is 1. The Kier molecular flexibility index (Phi) is 4.39. The molecule has 3 nitrogen and oxygen atoms in total. The highest BCUT2D eigenvalue weighted by molar-refractivity contribution is 6.22. The zero-order valence-corrected chi connectivity index (χ0v) is 23.0. The van der Waals surface area contributed by atoms with Gasteiger partial charge in [-0.05, 0) is 69.4 Å². The van der Waals surface area contributed by atoms with Gasteiger partial charge in [-0.2, -0.15) is 0 Å². The minimum Gasteiger partial charge on any atom is -0.279 e. The zero-order valence-electron chi connectivity index (χ0n) is 23.0. The first-order valence-electron chi connectivity index (χ1n) is 14.3. The van der Waals surface area contributed by atoms with Crippen molar-refractivity contribution in [1.82, 2.24) is 14.1 Å². The van der Waals surface area contributed by atoms with Gasteiger partial charge in [-0.1, -0.05) is 105 Å². The first kappa shape index (κ1) is 22.6. The molecule has 6 aromatic carbocycles. The maximum atomic E-state index is 5.25. The van der Waals surface area contributed by atoms with Crippen LogP contribution in [0.25, 0.3) is 66.4 Å². The molecule has 0 atom stereocenters. The Labute approximate surface area is 237 Å². The number of aromatic nitrogens is 3. The summed E-state index contributed by atoms with van der Waals surface area (Å²) in [6.45, 7) is 4.74. The number of rotatable bonds is 2. The summed E-state index contributed by atoms with van der Waals surface area (Å²) in [6, 6.07) is 46.0. The molecule has 0 aliphatic heterocycles. The van der Waals surface area contributed by atoms with Crippen molar-refractivity contribution in [2.45, 2.75) is 19.3 Å². The van der Waals surface area contributed by atoms with Crippen LogP contribution in [0.3, 0.4) is 0 Å². The Balaban J connectivity index is 1.42. The molecule has 41 heavy (non-hydrogen) atoms. The lowest BCUT2D eigenvalue weighted by molar-refractivity contribution is 0.666. The van der Waals surface area contributed by atoms with E-state index in [9.17, 15) is 0 Å². The highest BCUT2D eigenvalue weighted by Crippen LogP contribution is 2.52. The molecule has 0 fully saturated rings. The number of fused-ring (bicyclic) bond motifs is 10. The van der Waals surface area contributed by atoms with E-state index < -0.39 is 0 Å². The maximum absolute atomic E-state index is 5.25. The second-order valence-electron chi connectivity index (χ2n) is 11.6. The minimum absolute atomic E-state index is 0.0707. The SMILES string of the molecule is CC1(C)c2ccccc2-c2ccc3c(ccc4c3c3ccccc3n4-c3nc4ccccc4n3-c3ccccc3)c21. The lowest BCUT2D eigenvalue weighted by Gasteiger charge is -2.23. The fourth-order valence-electron chi connectivity index (χ4n) is 7.38. The Morgan fingerprint density at radius 3 is 2.10 bits per heavy atom. The van der Waals surface area contributed by atoms with Crippen LogP contribution in [0.5, 0.6) is 0 Å². The molecule has 194 valence electrons. The number of hydrogen-bond donors (Lipinski definition) is 0. The molecule has 3 heteroatoms. The van der Waals surface area contributed by atoms with E-state index in [2.05, 4.69) is 150 Å². The van der Waals surface area contributed by atoms with Gasteiger partial charge < -0.3 is 0 Å². The lowest BCUT2D eigenvalue weighted by Crippen LogP contribution is -2.15.